The lowest BCUT2D eigenvalue weighted by molar-refractivity contribution is 0.194. The first-order valence-electron chi connectivity index (χ1n) is 13.2. The van der Waals surface area contributed by atoms with E-state index in [2.05, 4.69) is 57.4 Å². The third-order valence-corrected chi connectivity index (χ3v) is 9.09. The molecule has 2 aliphatic rings. The van der Waals surface area contributed by atoms with E-state index < -0.39 is 0 Å². The van der Waals surface area contributed by atoms with Gasteiger partial charge in [-0.2, -0.15) is 0 Å². The Hall–Kier alpha value is -3.71. The van der Waals surface area contributed by atoms with Crippen LogP contribution in [0.25, 0.3) is 5.00 Å². The Labute approximate surface area is 228 Å². The van der Waals surface area contributed by atoms with E-state index in [0.29, 0.717) is 18.0 Å². The summed E-state index contributed by atoms with van der Waals surface area (Å²) in [7, 11) is 5.72. The number of anilines is 2. The Morgan fingerprint density at radius 1 is 1.05 bits per heavy atom. The van der Waals surface area contributed by atoms with Crippen LogP contribution in [0.1, 0.15) is 51.7 Å². The molecule has 0 unspecified atom stereocenters. The fourth-order valence-electron chi connectivity index (χ4n) is 5.80. The molecule has 7 heteroatoms. The van der Waals surface area contributed by atoms with E-state index in [1.54, 1.807) is 7.11 Å². The maximum absolute atomic E-state index is 14.2. The number of nitrogens with zero attached hydrogens (tertiary/aromatic N) is 3. The molecule has 6 rings (SSSR count). The van der Waals surface area contributed by atoms with Crippen molar-refractivity contribution in [1.29, 1.82) is 0 Å². The van der Waals surface area contributed by atoms with Gasteiger partial charge in [0.1, 0.15) is 10.8 Å². The molecule has 0 saturated carbocycles. The maximum Gasteiger partial charge on any atom is 0.323 e. The van der Waals surface area contributed by atoms with Crippen LogP contribution < -0.4 is 15.0 Å². The van der Waals surface area contributed by atoms with E-state index in [9.17, 15) is 4.79 Å². The number of hydrogen-bond acceptors (Lipinski definition) is 4. The van der Waals surface area contributed by atoms with Crippen molar-refractivity contribution in [2.24, 2.45) is 0 Å². The van der Waals surface area contributed by atoms with Gasteiger partial charge in [-0.05, 0) is 85.7 Å². The summed E-state index contributed by atoms with van der Waals surface area (Å²) >= 11 is 1.91. The molecule has 0 radical (unpaired) electrons. The molecule has 2 aromatic heterocycles. The summed E-state index contributed by atoms with van der Waals surface area (Å²) < 4.78 is 7.90. The van der Waals surface area contributed by atoms with E-state index in [4.69, 9.17) is 4.74 Å². The first-order chi connectivity index (χ1) is 18.4. The van der Waals surface area contributed by atoms with Gasteiger partial charge in [-0.1, -0.05) is 18.2 Å². The molecule has 1 aliphatic heterocycles. The van der Waals surface area contributed by atoms with Gasteiger partial charge in [0.15, 0.2) is 0 Å². The number of aromatic nitrogens is 1. The second-order valence-electron chi connectivity index (χ2n) is 10.4. The smallest absolute Gasteiger partial charge is 0.323 e. The maximum atomic E-state index is 14.2. The highest BCUT2D eigenvalue weighted by Gasteiger charge is 2.36. The van der Waals surface area contributed by atoms with E-state index in [0.717, 1.165) is 35.3 Å². The molecule has 0 spiro atoms. The first kappa shape index (κ1) is 24.6. The molecule has 38 heavy (non-hydrogen) atoms. The van der Waals surface area contributed by atoms with Crippen LogP contribution in [0.2, 0.25) is 0 Å². The zero-order chi connectivity index (χ0) is 26.4. The molecule has 3 heterocycles. The minimum Gasteiger partial charge on any atom is -0.495 e. The van der Waals surface area contributed by atoms with Crippen LogP contribution in [0.3, 0.4) is 0 Å². The largest absolute Gasteiger partial charge is 0.495 e. The molecular weight excluding hydrogens is 492 g/mol. The number of amides is 2. The molecule has 0 bridgehead atoms. The van der Waals surface area contributed by atoms with Crippen LogP contribution in [-0.2, 0) is 19.4 Å². The number of nitrogens with one attached hydrogen (secondary N) is 1. The van der Waals surface area contributed by atoms with Gasteiger partial charge in [-0.25, -0.2) is 4.79 Å². The summed E-state index contributed by atoms with van der Waals surface area (Å²) in [5, 5.41) is 4.46. The van der Waals surface area contributed by atoms with Gasteiger partial charge >= 0.3 is 6.03 Å². The van der Waals surface area contributed by atoms with Crippen molar-refractivity contribution < 1.29 is 9.53 Å². The summed E-state index contributed by atoms with van der Waals surface area (Å²) in [5.41, 5.74) is 7.82. The number of carbonyl (C=O) groups excluding carboxylic acids is 1. The Kier molecular flexibility index (Phi) is 6.40. The van der Waals surface area contributed by atoms with Gasteiger partial charge in [0.2, 0.25) is 0 Å². The topological polar surface area (TPSA) is 49.7 Å². The number of hydrogen-bond donors (Lipinski definition) is 1. The second kappa shape index (κ2) is 9.87. The summed E-state index contributed by atoms with van der Waals surface area (Å²) in [6, 6.07) is 18.3. The average Bonchev–Trinajstić information content (AvgIpc) is 3.51. The standard InChI is InChI=1S/C31H34N4O2S/c1-20-11-16-27(37-4)25(18-20)32-31(36)35-19-24-23-8-5-6-10-28(23)38-30(24)34-17-7-9-26(34)29(35)21-12-14-22(15-13-21)33(2)3/h7,9,11-18,29H,5-6,8,10,19H2,1-4H3,(H,32,36)/t29-/m0/s1. The highest BCUT2D eigenvalue weighted by atomic mass is 32.1. The molecule has 2 amide bonds. The number of fused-ring (bicyclic) bond motifs is 5. The molecule has 0 saturated heterocycles. The van der Waals surface area contributed by atoms with Gasteiger partial charge in [0.05, 0.1) is 31.1 Å². The molecule has 2 aromatic carbocycles. The van der Waals surface area contributed by atoms with Crippen LogP contribution >= 0.6 is 11.3 Å². The highest BCUT2D eigenvalue weighted by Crippen LogP contribution is 2.44. The van der Waals surface area contributed by atoms with Crippen LogP contribution in [0.15, 0.2) is 60.8 Å². The fraction of sp³-hybridized carbons (Fsp3) is 0.323. The van der Waals surface area contributed by atoms with E-state index in [1.807, 2.05) is 55.5 Å². The van der Waals surface area contributed by atoms with Gasteiger partial charge in [0.25, 0.3) is 0 Å². The Balaban J connectivity index is 1.49. The SMILES string of the molecule is COc1ccc(C)cc1NC(=O)N1Cc2c(sc3c2CCCC3)-n2cccc2[C@@H]1c1ccc(N(C)C)cc1. The van der Waals surface area contributed by atoms with Crippen LogP contribution in [0.4, 0.5) is 16.2 Å². The third-order valence-electron chi connectivity index (χ3n) is 7.76. The molecule has 1 aliphatic carbocycles. The predicted octanol–water partition coefficient (Wildman–Crippen LogP) is 6.94. The zero-order valence-electron chi connectivity index (χ0n) is 22.5. The Morgan fingerprint density at radius 2 is 1.84 bits per heavy atom. The molecule has 0 fully saturated rings. The molecule has 6 nitrogen and oxygen atoms in total. The molecule has 4 aromatic rings. The number of thiophene rings is 1. The van der Waals surface area contributed by atoms with Crippen molar-refractivity contribution >= 4 is 28.7 Å². The summed E-state index contributed by atoms with van der Waals surface area (Å²) in [4.78, 5) is 19.8. The molecular formula is C31H34N4O2S. The van der Waals surface area contributed by atoms with Crippen molar-refractivity contribution in [1.82, 2.24) is 9.47 Å². The van der Waals surface area contributed by atoms with Crippen molar-refractivity contribution in [3.05, 3.63) is 93.6 Å². The van der Waals surface area contributed by atoms with Gasteiger partial charge in [-0.15, -0.1) is 11.3 Å². The van der Waals surface area contributed by atoms with Crippen molar-refractivity contribution in [2.45, 2.75) is 45.2 Å². The minimum atomic E-state index is -0.240. The van der Waals surface area contributed by atoms with Gasteiger partial charge in [-0.3, -0.25) is 0 Å². The van der Waals surface area contributed by atoms with Crippen LogP contribution in [0.5, 0.6) is 5.75 Å². The monoisotopic (exact) mass is 526 g/mol. The number of aryl methyl sites for hydroxylation is 2. The molecule has 196 valence electrons. The van der Waals surface area contributed by atoms with Crippen molar-refractivity contribution in [3.63, 3.8) is 0 Å². The average molecular weight is 527 g/mol. The third kappa shape index (κ3) is 4.25. The number of ether oxygens (including phenoxy) is 1. The highest BCUT2D eigenvalue weighted by molar-refractivity contribution is 7.15. The number of benzene rings is 2. The second-order valence-corrected chi connectivity index (χ2v) is 11.5. The van der Waals surface area contributed by atoms with Crippen LogP contribution in [-0.4, -0.2) is 36.7 Å². The van der Waals surface area contributed by atoms with Crippen molar-refractivity contribution in [2.75, 3.05) is 31.4 Å². The quantitative estimate of drug-likeness (QED) is 0.313. The lowest BCUT2D eigenvalue weighted by Gasteiger charge is -2.32. The molecule has 1 N–H and O–H groups in total. The number of methoxy groups -OCH3 is 1. The summed E-state index contributed by atoms with van der Waals surface area (Å²) in [6.45, 7) is 2.58. The zero-order valence-corrected chi connectivity index (χ0v) is 23.3. The van der Waals surface area contributed by atoms with Gasteiger partial charge in [0, 0.05) is 36.4 Å². The lowest BCUT2D eigenvalue weighted by atomic mass is 9.95. The Bertz CT molecular complexity index is 1480. The summed E-state index contributed by atoms with van der Waals surface area (Å²) in [6.07, 6.45) is 6.81. The number of carbonyl (C=O) groups is 1. The van der Waals surface area contributed by atoms with E-state index >= 15 is 0 Å². The molecule has 1 atom stereocenters. The van der Waals surface area contributed by atoms with E-state index in [1.165, 1.54) is 33.8 Å². The normalized spacial score (nSPS) is 16.2. The summed E-state index contributed by atoms with van der Waals surface area (Å²) in [5.74, 6) is 0.655. The Morgan fingerprint density at radius 3 is 2.61 bits per heavy atom. The minimum absolute atomic E-state index is 0.132. The number of rotatable bonds is 4. The van der Waals surface area contributed by atoms with Gasteiger partial charge < -0.3 is 24.4 Å². The predicted molar refractivity (Wildman–Crippen MR) is 155 cm³/mol. The van der Waals surface area contributed by atoms with Crippen LogP contribution in [0, 0.1) is 6.92 Å². The first-order valence-corrected chi connectivity index (χ1v) is 14.1. The fourth-order valence-corrected chi connectivity index (χ4v) is 7.20. The lowest BCUT2D eigenvalue weighted by Crippen LogP contribution is -2.38. The van der Waals surface area contributed by atoms with E-state index in [-0.39, 0.29) is 12.1 Å². The number of urea groups is 1. The van der Waals surface area contributed by atoms with Crippen molar-refractivity contribution in [3.8, 4) is 10.8 Å².